The van der Waals surface area contributed by atoms with Crippen LogP contribution in [0.1, 0.15) is 15.9 Å². The zero-order chi connectivity index (χ0) is 18.6. The minimum absolute atomic E-state index is 0.0304. The van der Waals surface area contributed by atoms with E-state index in [1.807, 2.05) is 0 Å². The van der Waals surface area contributed by atoms with Gasteiger partial charge in [0.15, 0.2) is 0 Å². The molecular weight excluding hydrogens is 342 g/mol. The fourth-order valence-electron chi connectivity index (χ4n) is 2.03. The van der Waals surface area contributed by atoms with Crippen molar-refractivity contribution in [2.75, 3.05) is 19.4 Å². The average Bonchev–Trinajstić information content (AvgIpc) is 2.54. The Labute approximate surface area is 149 Å². The molecule has 0 radical (unpaired) electrons. The molecule has 2 rings (SSSR count). The highest BCUT2D eigenvalue weighted by Crippen LogP contribution is 2.24. The van der Waals surface area contributed by atoms with Crippen LogP contribution in [0.2, 0.25) is 0 Å². The summed E-state index contributed by atoms with van der Waals surface area (Å²) in [7, 11) is 3.33. The molecule has 0 spiro atoms. The first-order chi connectivity index (χ1) is 11.8. The number of hydrogen-bond acceptors (Lipinski definition) is 5. The van der Waals surface area contributed by atoms with Gasteiger partial charge in [-0.05, 0) is 49.0 Å². The number of amides is 2. The second-order valence-electron chi connectivity index (χ2n) is 5.50. The lowest BCUT2D eigenvalue weighted by atomic mass is 10.1. The van der Waals surface area contributed by atoms with Gasteiger partial charge in [0.1, 0.15) is 0 Å². The van der Waals surface area contributed by atoms with E-state index in [4.69, 9.17) is 0 Å². The molecule has 25 heavy (non-hydrogen) atoms. The minimum Gasteiger partial charge on any atom is -0.339 e. The monoisotopic (exact) mass is 359 g/mol. The average molecular weight is 359 g/mol. The van der Waals surface area contributed by atoms with E-state index in [0.29, 0.717) is 21.7 Å². The van der Waals surface area contributed by atoms with Crippen molar-refractivity contribution in [3.8, 4) is 0 Å². The number of nitro groups is 1. The molecule has 0 saturated heterocycles. The highest BCUT2D eigenvalue weighted by Gasteiger charge is 2.14. The number of benzene rings is 2. The molecule has 0 saturated carbocycles. The highest BCUT2D eigenvalue weighted by atomic mass is 32.2. The molecule has 0 aromatic heterocycles. The summed E-state index contributed by atoms with van der Waals surface area (Å²) in [5.74, 6) is -0.376. The Morgan fingerprint density at radius 3 is 2.48 bits per heavy atom. The van der Waals surface area contributed by atoms with E-state index < -0.39 is 4.92 Å². The van der Waals surface area contributed by atoms with Gasteiger partial charge in [0.05, 0.1) is 4.92 Å². The van der Waals surface area contributed by atoms with Gasteiger partial charge in [0.2, 0.25) is 0 Å². The maximum atomic E-state index is 12.3. The van der Waals surface area contributed by atoms with Crippen molar-refractivity contribution in [3.05, 3.63) is 63.7 Å². The van der Waals surface area contributed by atoms with Gasteiger partial charge in [-0.25, -0.2) is 0 Å². The van der Waals surface area contributed by atoms with Gasteiger partial charge >= 0.3 is 0 Å². The van der Waals surface area contributed by atoms with Gasteiger partial charge < -0.3 is 10.2 Å². The highest BCUT2D eigenvalue weighted by molar-refractivity contribution is 8.13. The summed E-state index contributed by atoms with van der Waals surface area (Å²) in [5.41, 5.74) is 1.25. The molecule has 130 valence electrons. The van der Waals surface area contributed by atoms with Crippen LogP contribution in [-0.2, 0) is 0 Å². The summed E-state index contributed by atoms with van der Waals surface area (Å²) < 4.78 is 0. The molecule has 2 aromatic rings. The van der Waals surface area contributed by atoms with Crippen LogP contribution in [0.5, 0.6) is 0 Å². The molecule has 0 fully saturated rings. The first-order valence-corrected chi connectivity index (χ1v) is 8.15. The summed E-state index contributed by atoms with van der Waals surface area (Å²) in [6.07, 6.45) is 0. The van der Waals surface area contributed by atoms with Crippen molar-refractivity contribution >= 4 is 34.3 Å². The lowest BCUT2D eigenvalue weighted by Crippen LogP contribution is -2.16. The van der Waals surface area contributed by atoms with Crippen molar-refractivity contribution in [1.82, 2.24) is 4.90 Å². The Bertz CT molecular complexity index is 836. The van der Waals surface area contributed by atoms with Crippen LogP contribution in [-0.4, -0.2) is 35.1 Å². The Morgan fingerprint density at radius 2 is 1.88 bits per heavy atom. The maximum Gasteiger partial charge on any atom is 0.285 e. The van der Waals surface area contributed by atoms with Gasteiger partial charge in [0.25, 0.3) is 16.8 Å². The Balaban J connectivity index is 2.14. The Morgan fingerprint density at radius 1 is 1.16 bits per heavy atom. The number of carbonyl (C=O) groups excluding carboxylic acids is 2. The molecular formula is C17H17N3O4S. The molecule has 0 heterocycles. The number of aryl methyl sites for hydroxylation is 1. The lowest BCUT2D eigenvalue weighted by Gasteiger charge is -2.10. The number of anilines is 1. The molecule has 0 aliphatic heterocycles. The van der Waals surface area contributed by atoms with Gasteiger partial charge in [0, 0.05) is 41.9 Å². The summed E-state index contributed by atoms with van der Waals surface area (Å²) in [6, 6.07) is 11.1. The van der Waals surface area contributed by atoms with Crippen LogP contribution in [0.3, 0.4) is 0 Å². The molecule has 0 bridgehead atoms. The van der Waals surface area contributed by atoms with Crippen molar-refractivity contribution < 1.29 is 14.5 Å². The van der Waals surface area contributed by atoms with E-state index in [2.05, 4.69) is 5.32 Å². The number of carbonyl (C=O) groups is 2. The van der Waals surface area contributed by atoms with Crippen LogP contribution < -0.4 is 5.32 Å². The van der Waals surface area contributed by atoms with Gasteiger partial charge in [-0.15, -0.1) is 0 Å². The number of thioether (sulfide) groups is 1. The predicted molar refractivity (Wildman–Crippen MR) is 97.2 cm³/mol. The number of nitrogens with one attached hydrogen (secondary N) is 1. The lowest BCUT2D eigenvalue weighted by molar-refractivity contribution is -0.385. The number of hydrogen-bond donors (Lipinski definition) is 1. The third kappa shape index (κ3) is 4.80. The third-order valence-electron chi connectivity index (χ3n) is 3.32. The molecule has 7 nitrogen and oxygen atoms in total. The predicted octanol–water partition coefficient (Wildman–Crippen LogP) is 3.93. The number of nitrogens with zero attached hydrogens (tertiary/aromatic N) is 2. The second kappa shape index (κ2) is 7.80. The number of nitro benzene ring substituents is 1. The van der Waals surface area contributed by atoms with Crippen molar-refractivity contribution in [1.29, 1.82) is 0 Å². The second-order valence-corrected chi connectivity index (χ2v) is 6.53. The van der Waals surface area contributed by atoms with Gasteiger partial charge in [-0.2, -0.15) is 0 Å². The quantitative estimate of drug-likeness (QED) is 0.507. The van der Waals surface area contributed by atoms with E-state index >= 15 is 0 Å². The van der Waals surface area contributed by atoms with Crippen molar-refractivity contribution in [2.24, 2.45) is 0 Å². The fourth-order valence-corrected chi connectivity index (χ4v) is 2.75. The molecule has 0 aliphatic carbocycles. The zero-order valence-electron chi connectivity index (χ0n) is 14.0. The Hall–Kier alpha value is -2.87. The standard InChI is InChI=1S/C17H17N3O4S/c1-11-9-12(7-8-15(11)20(23)24)16(21)18-13-5-4-6-14(10-13)25-17(22)19(2)3/h4-10H,1-3H3,(H,18,21). The first kappa shape index (κ1) is 18.5. The first-order valence-electron chi connectivity index (χ1n) is 7.33. The van der Waals surface area contributed by atoms with Crippen LogP contribution in [0.15, 0.2) is 47.4 Å². The minimum atomic E-state index is -0.487. The van der Waals surface area contributed by atoms with Crippen molar-refractivity contribution in [2.45, 2.75) is 11.8 Å². The molecule has 0 unspecified atom stereocenters. The fraction of sp³-hybridized carbons (Fsp3) is 0.176. The molecule has 1 N–H and O–H groups in total. The van der Waals surface area contributed by atoms with E-state index in [0.717, 1.165) is 11.8 Å². The number of rotatable bonds is 4. The van der Waals surface area contributed by atoms with Crippen LogP contribution >= 0.6 is 11.8 Å². The topological polar surface area (TPSA) is 92.6 Å². The van der Waals surface area contributed by atoms with E-state index in [1.165, 1.54) is 23.1 Å². The zero-order valence-corrected chi connectivity index (χ0v) is 14.8. The van der Waals surface area contributed by atoms with E-state index in [9.17, 15) is 19.7 Å². The molecule has 0 atom stereocenters. The summed E-state index contributed by atoms with van der Waals surface area (Å²) in [5, 5.41) is 13.5. The third-order valence-corrected chi connectivity index (χ3v) is 4.35. The van der Waals surface area contributed by atoms with Crippen LogP contribution in [0.25, 0.3) is 0 Å². The van der Waals surface area contributed by atoms with Crippen LogP contribution in [0, 0.1) is 17.0 Å². The van der Waals surface area contributed by atoms with Crippen molar-refractivity contribution in [3.63, 3.8) is 0 Å². The smallest absolute Gasteiger partial charge is 0.285 e. The van der Waals surface area contributed by atoms with E-state index in [-0.39, 0.29) is 16.8 Å². The molecule has 0 aliphatic rings. The largest absolute Gasteiger partial charge is 0.339 e. The normalized spacial score (nSPS) is 10.2. The summed E-state index contributed by atoms with van der Waals surface area (Å²) >= 11 is 1.06. The van der Waals surface area contributed by atoms with E-state index in [1.54, 1.807) is 45.3 Å². The SMILES string of the molecule is Cc1cc(C(=O)Nc2cccc(SC(=O)N(C)C)c2)ccc1[N+](=O)[O-]. The van der Waals surface area contributed by atoms with Gasteiger partial charge in [-0.1, -0.05) is 6.07 Å². The Kier molecular flexibility index (Phi) is 5.76. The molecule has 8 heteroatoms. The van der Waals surface area contributed by atoms with Crippen LogP contribution in [0.4, 0.5) is 16.2 Å². The summed E-state index contributed by atoms with van der Waals surface area (Å²) in [4.78, 5) is 36.6. The molecule has 2 aromatic carbocycles. The maximum absolute atomic E-state index is 12.3. The molecule has 2 amide bonds. The van der Waals surface area contributed by atoms with Gasteiger partial charge in [-0.3, -0.25) is 19.7 Å². The summed E-state index contributed by atoms with van der Waals surface area (Å²) in [6.45, 7) is 1.58.